The summed E-state index contributed by atoms with van der Waals surface area (Å²) in [5.41, 5.74) is 0.669. The Hall–Kier alpha value is -0.530. The zero-order valence-corrected chi connectivity index (χ0v) is 11.3. The highest BCUT2D eigenvalue weighted by Crippen LogP contribution is 2.69. The van der Waals surface area contributed by atoms with E-state index >= 15 is 0 Å². The Bertz CT molecular complexity index is 340. The average Bonchev–Trinajstić information content (AvgIpc) is 2.88. The lowest BCUT2D eigenvalue weighted by Crippen LogP contribution is -2.40. The summed E-state index contributed by atoms with van der Waals surface area (Å²) in [4.78, 5) is 11.2. The Morgan fingerprint density at radius 2 is 2.18 bits per heavy atom. The van der Waals surface area contributed by atoms with Gasteiger partial charge in [-0.3, -0.25) is 4.79 Å². The fourth-order valence-corrected chi connectivity index (χ4v) is 5.55. The van der Waals surface area contributed by atoms with Crippen molar-refractivity contribution >= 4 is 5.91 Å². The van der Waals surface area contributed by atoms with Gasteiger partial charge in [0.2, 0.25) is 5.91 Å². The van der Waals surface area contributed by atoms with Crippen molar-refractivity contribution in [1.29, 1.82) is 0 Å². The topological polar surface area (TPSA) is 29.1 Å². The Kier molecular flexibility index (Phi) is 2.53. The third kappa shape index (κ3) is 1.56. The van der Waals surface area contributed by atoms with Crippen molar-refractivity contribution in [3.8, 4) is 0 Å². The SMILES string of the molecule is CC(=O)NC(C)C1CC(C)C23CCC(CC12)C3. The van der Waals surface area contributed by atoms with Gasteiger partial charge >= 0.3 is 0 Å². The molecule has 1 amide bonds. The lowest BCUT2D eigenvalue weighted by molar-refractivity contribution is -0.120. The van der Waals surface area contributed by atoms with Crippen LogP contribution in [0.5, 0.6) is 0 Å². The van der Waals surface area contributed by atoms with Crippen molar-refractivity contribution in [2.75, 3.05) is 0 Å². The van der Waals surface area contributed by atoms with Crippen LogP contribution in [0.15, 0.2) is 0 Å². The Morgan fingerprint density at radius 3 is 2.82 bits per heavy atom. The molecule has 2 bridgehead atoms. The predicted molar refractivity (Wildman–Crippen MR) is 68.4 cm³/mol. The molecule has 3 aliphatic rings. The summed E-state index contributed by atoms with van der Waals surface area (Å²) in [7, 11) is 0. The lowest BCUT2D eigenvalue weighted by Gasteiger charge is -2.35. The van der Waals surface area contributed by atoms with E-state index in [1.54, 1.807) is 6.92 Å². The van der Waals surface area contributed by atoms with E-state index in [0.29, 0.717) is 11.5 Å². The molecule has 2 nitrogen and oxygen atoms in total. The molecule has 3 saturated carbocycles. The summed E-state index contributed by atoms with van der Waals surface area (Å²) in [5.74, 6) is 3.66. The highest BCUT2D eigenvalue weighted by atomic mass is 16.1. The molecule has 0 aromatic rings. The first-order chi connectivity index (χ1) is 8.03. The van der Waals surface area contributed by atoms with Gasteiger partial charge in [-0.15, -0.1) is 0 Å². The third-order valence-corrected chi connectivity index (χ3v) is 6.21. The molecular weight excluding hydrogens is 210 g/mol. The molecule has 3 aliphatic carbocycles. The maximum absolute atomic E-state index is 11.2. The van der Waals surface area contributed by atoms with Crippen LogP contribution in [-0.2, 0) is 4.79 Å². The first kappa shape index (κ1) is 11.6. The molecule has 0 heterocycles. The minimum absolute atomic E-state index is 0.134. The Labute approximate surface area is 105 Å². The smallest absolute Gasteiger partial charge is 0.217 e. The van der Waals surface area contributed by atoms with Gasteiger partial charge in [0, 0.05) is 13.0 Å². The summed E-state index contributed by atoms with van der Waals surface area (Å²) in [6.07, 6.45) is 7.20. The van der Waals surface area contributed by atoms with E-state index in [0.717, 1.165) is 23.7 Å². The molecule has 0 aromatic heterocycles. The van der Waals surface area contributed by atoms with Gasteiger partial charge in [0.05, 0.1) is 0 Å². The molecule has 3 rings (SSSR count). The van der Waals surface area contributed by atoms with Crippen molar-refractivity contribution in [2.24, 2.45) is 29.1 Å². The van der Waals surface area contributed by atoms with Crippen LogP contribution in [0.1, 0.15) is 52.9 Å². The molecule has 17 heavy (non-hydrogen) atoms. The molecule has 0 aliphatic heterocycles. The van der Waals surface area contributed by atoms with Crippen LogP contribution < -0.4 is 5.32 Å². The number of amides is 1. The maximum atomic E-state index is 11.2. The molecule has 1 spiro atoms. The molecule has 2 heteroatoms. The standard InChI is InChI=1S/C15H25NO/c1-9-6-13(10(2)16-11(3)17)14-7-12-4-5-15(9,14)8-12/h9-10,12-14H,4-8H2,1-3H3,(H,16,17). The number of rotatable bonds is 2. The summed E-state index contributed by atoms with van der Waals surface area (Å²) >= 11 is 0. The van der Waals surface area contributed by atoms with Crippen LogP contribution in [0.3, 0.4) is 0 Å². The van der Waals surface area contributed by atoms with Crippen LogP contribution in [0.4, 0.5) is 0 Å². The molecule has 0 aromatic carbocycles. The van der Waals surface area contributed by atoms with Gasteiger partial charge in [0.1, 0.15) is 0 Å². The highest BCUT2D eigenvalue weighted by Gasteiger charge is 2.61. The summed E-state index contributed by atoms with van der Waals surface area (Å²) in [6.45, 7) is 6.32. The van der Waals surface area contributed by atoms with E-state index < -0.39 is 0 Å². The quantitative estimate of drug-likeness (QED) is 0.783. The molecule has 6 atom stereocenters. The molecule has 1 N–H and O–H groups in total. The molecular formula is C15H25NO. The number of hydrogen-bond donors (Lipinski definition) is 1. The van der Waals surface area contributed by atoms with Crippen molar-refractivity contribution < 1.29 is 4.79 Å². The van der Waals surface area contributed by atoms with Crippen LogP contribution in [-0.4, -0.2) is 11.9 Å². The summed E-state index contributed by atoms with van der Waals surface area (Å²) in [5, 5.41) is 3.14. The van der Waals surface area contributed by atoms with E-state index in [4.69, 9.17) is 0 Å². The largest absolute Gasteiger partial charge is 0.354 e. The van der Waals surface area contributed by atoms with Crippen molar-refractivity contribution in [2.45, 2.75) is 58.9 Å². The lowest BCUT2D eigenvalue weighted by atomic mass is 9.70. The number of carbonyl (C=O) groups is 1. The Morgan fingerprint density at radius 1 is 1.41 bits per heavy atom. The second kappa shape index (κ2) is 3.73. The van der Waals surface area contributed by atoms with Crippen LogP contribution >= 0.6 is 0 Å². The van der Waals surface area contributed by atoms with E-state index in [1.165, 1.54) is 32.1 Å². The molecule has 96 valence electrons. The molecule has 0 radical (unpaired) electrons. The van der Waals surface area contributed by atoms with Crippen molar-refractivity contribution in [1.82, 2.24) is 5.32 Å². The fraction of sp³-hybridized carbons (Fsp3) is 0.933. The van der Waals surface area contributed by atoms with Crippen LogP contribution in [0, 0.1) is 29.1 Å². The van der Waals surface area contributed by atoms with Gasteiger partial charge in [0.15, 0.2) is 0 Å². The molecule has 3 fully saturated rings. The number of hydrogen-bond acceptors (Lipinski definition) is 1. The van der Waals surface area contributed by atoms with E-state index in [9.17, 15) is 4.79 Å². The zero-order valence-electron chi connectivity index (χ0n) is 11.3. The third-order valence-electron chi connectivity index (χ3n) is 6.21. The van der Waals surface area contributed by atoms with Gasteiger partial charge in [-0.05, 0) is 68.1 Å². The van der Waals surface area contributed by atoms with Gasteiger partial charge < -0.3 is 5.32 Å². The Balaban J connectivity index is 1.79. The van der Waals surface area contributed by atoms with Crippen molar-refractivity contribution in [3.05, 3.63) is 0 Å². The monoisotopic (exact) mass is 235 g/mol. The number of nitrogens with one attached hydrogen (secondary N) is 1. The zero-order chi connectivity index (χ0) is 12.2. The van der Waals surface area contributed by atoms with Gasteiger partial charge in [-0.2, -0.15) is 0 Å². The number of fused-ring (bicyclic) bond motifs is 1. The summed E-state index contributed by atoms with van der Waals surface area (Å²) < 4.78 is 0. The van der Waals surface area contributed by atoms with Crippen LogP contribution in [0.2, 0.25) is 0 Å². The average molecular weight is 235 g/mol. The highest BCUT2D eigenvalue weighted by molar-refractivity contribution is 5.73. The predicted octanol–water partition coefficient (Wildman–Crippen LogP) is 2.97. The van der Waals surface area contributed by atoms with Crippen LogP contribution in [0.25, 0.3) is 0 Å². The summed E-state index contributed by atoms with van der Waals surface area (Å²) in [6, 6.07) is 0.374. The van der Waals surface area contributed by atoms with Gasteiger partial charge in [-0.25, -0.2) is 0 Å². The first-order valence-corrected chi connectivity index (χ1v) is 7.30. The molecule has 0 saturated heterocycles. The first-order valence-electron chi connectivity index (χ1n) is 7.30. The second-order valence-electron chi connectivity index (χ2n) is 6.97. The normalized spacial score (nSPS) is 49.1. The maximum Gasteiger partial charge on any atom is 0.217 e. The second-order valence-corrected chi connectivity index (χ2v) is 6.97. The van der Waals surface area contributed by atoms with Gasteiger partial charge in [-0.1, -0.05) is 6.92 Å². The number of carbonyl (C=O) groups excluding carboxylic acids is 1. The molecule has 6 unspecified atom stereocenters. The van der Waals surface area contributed by atoms with Gasteiger partial charge in [0.25, 0.3) is 0 Å². The van der Waals surface area contributed by atoms with E-state index in [-0.39, 0.29) is 5.91 Å². The van der Waals surface area contributed by atoms with E-state index in [2.05, 4.69) is 19.2 Å². The minimum atomic E-state index is 0.134. The fourth-order valence-electron chi connectivity index (χ4n) is 5.55. The minimum Gasteiger partial charge on any atom is -0.354 e. The van der Waals surface area contributed by atoms with Crippen molar-refractivity contribution in [3.63, 3.8) is 0 Å². The van der Waals surface area contributed by atoms with E-state index in [1.807, 2.05) is 0 Å².